The van der Waals surface area contributed by atoms with E-state index in [2.05, 4.69) is 10.6 Å². The Morgan fingerprint density at radius 2 is 2.14 bits per heavy atom. The first kappa shape index (κ1) is 14.8. The molecular formula is C16H20N2O4. The van der Waals surface area contributed by atoms with E-state index in [1.54, 1.807) is 19.2 Å². The number of benzene rings is 1. The molecule has 0 saturated carbocycles. The van der Waals surface area contributed by atoms with Crippen molar-refractivity contribution in [3.63, 3.8) is 0 Å². The fraction of sp³-hybridized carbons (Fsp3) is 0.500. The predicted octanol–water partition coefficient (Wildman–Crippen LogP) is 1.42. The van der Waals surface area contributed by atoms with Gasteiger partial charge < -0.3 is 20.1 Å². The van der Waals surface area contributed by atoms with Crippen LogP contribution in [-0.4, -0.2) is 38.2 Å². The number of carbonyl (C=O) groups excluding carboxylic acids is 2. The Morgan fingerprint density at radius 1 is 1.36 bits per heavy atom. The Hall–Kier alpha value is -2.08. The summed E-state index contributed by atoms with van der Waals surface area (Å²) >= 11 is 0. The highest BCUT2D eigenvalue weighted by Gasteiger charge is 2.32. The van der Waals surface area contributed by atoms with E-state index in [4.69, 9.17) is 9.47 Å². The molecule has 22 heavy (non-hydrogen) atoms. The van der Waals surface area contributed by atoms with Gasteiger partial charge in [0.05, 0.1) is 13.0 Å². The molecular weight excluding hydrogens is 284 g/mol. The summed E-state index contributed by atoms with van der Waals surface area (Å²) < 4.78 is 10.5. The predicted molar refractivity (Wildman–Crippen MR) is 81.0 cm³/mol. The van der Waals surface area contributed by atoms with Gasteiger partial charge in [0.2, 0.25) is 11.8 Å². The molecule has 2 heterocycles. The molecule has 118 valence electrons. The van der Waals surface area contributed by atoms with Crippen molar-refractivity contribution in [3.8, 4) is 5.75 Å². The summed E-state index contributed by atoms with van der Waals surface area (Å²) in [6.45, 7) is 1.33. The van der Waals surface area contributed by atoms with Gasteiger partial charge in [0.1, 0.15) is 5.75 Å². The third kappa shape index (κ3) is 3.06. The molecule has 0 aliphatic carbocycles. The number of methoxy groups -OCH3 is 1. The zero-order valence-electron chi connectivity index (χ0n) is 12.6. The van der Waals surface area contributed by atoms with Gasteiger partial charge in [-0.25, -0.2) is 0 Å². The number of ether oxygens (including phenoxy) is 2. The van der Waals surface area contributed by atoms with Crippen LogP contribution < -0.4 is 15.4 Å². The third-order valence-corrected chi connectivity index (χ3v) is 4.18. The highest BCUT2D eigenvalue weighted by molar-refractivity contribution is 6.01. The summed E-state index contributed by atoms with van der Waals surface area (Å²) in [5.41, 5.74) is 1.49. The SMILES string of the molecule is COc1ccc2c(c1)[C@@H](C(=O)NC1CCOCC1)CC(=O)N2. The van der Waals surface area contributed by atoms with Crippen LogP contribution in [0.5, 0.6) is 5.75 Å². The van der Waals surface area contributed by atoms with Crippen LogP contribution in [0.25, 0.3) is 0 Å². The summed E-state index contributed by atoms with van der Waals surface area (Å²) in [5, 5.41) is 5.85. The fourth-order valence-electron chi connectivity index (χ4n) is 2.94. The lowest BCUT2D eigenvalue weighted by Gasteiger charge is -2.29. The number of fused-ring (bicyclic) bond motifs is 1. The molecule has 6 heteroatoms. The molecule has 2 N–H and O–H groups in total. The summed E-state index contributed by atoms with van der Waals surface area (Å²) in [5.74, 6) is -0.0264. The molecule has 1 aromatic rings. The topological polar surface area (TPSA) is 76.7 Å². The first-order chi connectivity index (χ1) is 10.7. The maximum Gasteiger partial charge on any atom is 0.228 e. The van der Waals surface area contributed by atoms with Crippen LogP contribution in [0.4, 0.5) is 5.69 Å². The van der Waals surface area contributed by atoms with Crippen LogP contribution in [0.2, 0.25) is 0 Å². The van der Waals surface area contributed by atoms with Gasteiger partial charge in [-0.2, -0.15) is 0 Å². The molecule has 0 aromatic heterocycles. The largest absolute Gasteiger partial charge is 0.497 e. The smallest absolute Gasteiger partial charge is 0.228 e. The highest BCUT2D eigenvalue weighted by atomic mass is 16.5. The van der Waals surface area contributed by atoms with Gasteiger partial charge in [-0.05, 0) is 36.6 Å². The zero-order chi connectivity index (χ0) is 15.5. The Bertz CT molecular complexity index is 582. The van der Waals surface area contributed by atoms with Gasteiger partial charge in [-0.3, -0.25) is 9.59 Å². The monoisotopic (exact) mass is 304 g/mol. The van der Waals surface area contributed by atoms with Gasteiger partial charge >= 0.3 is 0 Å². The second-order valence-electron chi connectivity index (χ2n) is 5.65. The van der Waals surface area contributed by atoms with Crippen molar-refractivity contribution < 1.29 is 19.1 Å². The molecule has 2 aliphatic rings. The van der Waals surface area contributed by atoms with Crippen molar-refractivity contribution in [2.24, 2.45) is 0 Å². The molecule has 3 rings (SSSR count). The maximum absolute atomic E-state index is 12.6. The molecule has 1 saturated heterocycles. The average Bonchev–Trinajstić information content (AvgIpc) is 2.54. The summed E-state index contributed by atoms with van der Waals surface area (Å²) in [7, 11) is 1.58. The summed E-state index contributed by atoms with van der Waals surface area (Å²) in [6, 6.07) is 5.50. The van der Waals surface area contributed by atoms with E-state index in [0.717, 1.165) is 18.4 Å². The molecule has 0 bridgehead atoms. The normalized spacial score (nSPS) is 21.7. The maximum atomic E-state index is 12.6. The Morgan fingerprint density at radius 3 is 2.86 bits per heavy atom. The first-order valence-corrected chi connectivity index (χ1v) is 7.53. The Labute approximate surface area is 129 Å². The average molecular weight is 304 g/mol. The number of amides is 2. The van der Waals surface area contributed by atoms with E-state index >= 15 is 0 Å². The lowest BCUT2D eigenvalue weighted by molar-refractivity contribution is -0.127. The number of anilines is 1. The van der Waals surface area contributed by atoms with E-state index in [-0.39, 0.29) is 24.3 Å². The van der Waals surface area contributed by atoms with E-state index in [0.29, 0.717) is 24.7 Å². The number of carbonyl (C=O) groups is 2. The van der Waals surface area contributed by atoms with Crippen LogP contribution in [0.3, 0.4) is 0 Å². The summed E-state index contributed by atoms with van der Waals surface area (Å²) in [4.78, 5) is 24.4. The van der Waals surface area contributed by atoms with Gasteiger partial charge in [0.25, 0.3) is 0 Å². The zero-order valence-corrected chi connectivity index (χ0v) is 12.6. The molecule has 2 amide bonds. The molecule has 1 atom stereocenters. The fourth-order valence-corrected chi connectivity index (χ4v) is 2.94. The van der Waals surface area contributed by atoms with Crippen molar-refractivity contribution in [1.82, 2.24) is 5.32 Å². The minimum absolute atomic E-state index is 0.101. The minimum Gasteiger partial charge on any atom is -0.497 e. The van der Waals surface area contributed by atoms with E-state index in [9.17, 15) is 9.59 Å². The van der Waals surface area contributed by atoms with E-state index in [1.165, 1.54) is 0 Å². The van der Waals surface area contributed by atoms with Crippen LogP contribution >= 0.6 is 0 Å². The van der Waals surface area contributed by atoms with Crippen molar-refractivity contribution >= 4 is 17.5 Å². The lowest BCUT2D eigenvalue weighted by Crippen LogP contribution is -2.43. The Kier molecular flexibility index (Phi) is 4.29. The second kappa shape index (κ2) is 6.36. The minimum atomic E-state index is -0.471. The third-order valence-electron chi connectivity index (χ3n) is 4.18. The molecule has 1 fully saturated rings. The number of hydrogen-bond acceptors (Lipinski definition) is 4. The van der Waals surface area contributed by atoms with Gasteiger partial charge in [0.15, 0.2) is 0 Å². The molecule has 6 nitrogen and oxygen atoms in total. The molecule has 1 aromatic carbocycles. The van der Waals surface area contributed by atoms with Crippen molar-refractivity contribution in [2.75, 3.05) is 25.6 Å². The molecule has 0 radical (unpaired) electrons. The van der Waals surface area contributed by atoms with Crippen LogP contribution in [0.1, 0.15) is 30.7 Å². The number of rotatable bonds is 3. The quantitative estimate of drug-likeness (QED) is 0.885. The van der Waals surface area contributed by atoms with Crippen LogP contribution in [0, 0.1) is 0 Å². The molecule has 2 aliphatic heterocycles. The molecule has 0 spiro atoms. The van der Waals surface area contributed by atoms with E-state index in [1.807, 2.05) is 6.07 Å². The molecule has 0 unspecified atom stereocenters. The van der Waals surface area contributed by atoms with Gasteiger partial charge in [0, 0.05) is 31.4 Å². The lowest BCUT2D eigenvalue weighted by atomic mass is 9.89. The van der Waals surface area contributed by atoms with Crippen molar-refractivity contribution in [2.45, 2.75) is 31.2 Å². The van der Waals surface area contributed by atoms with Crippen molar-refractivity contribution in [3.05, 3.63) is 23.8 Å². The van der Waals surface area contributed by atoms with Crippen LogP contribution in [-0.2, 0) is 14.3 Å². The Balaban J connectivity index is 1.80. The second-order valence-corrected chi connectivity index (χ2v) is 5.65. The van der Waals surface area contributed by atoms with Gasteiger partial charge in [-0.1, -0.05) is 0 Å². The number of nitrogens with one attached hydrogen (secondary N) is 2. The first-order valence-electron chi connectivity index (χ1n) is 7.53. The van der Waals surface area contributed by atoms with Gasteiger partial charge in [-0.15, -0.1) is 0 Å². The standard InChI is InChI=1S/C16H20N2O4/c1-21-11-2-3-14-12(8-11)13(9-15(19)18-14)16(20)17-10-4-6-22-7-5-10/h2-3,8,10,13H,4-7,9H2,1H3,(H,17,20)(H,18,19)/t13-/m0/s1. The van der Waals surface area contributed by atoms with Crippen molar-refractivity contribution in [1.29, 1.82) is 0 Å². The van der Waals surface area contributed by atoms with E-state index < -0.39 is 5.92 Å². The summed E-state index contributed by atoms with van der Waals surface area (Å²) in [6.07, 6.45) is 1.79. The van der Waals surface area contributed by atoms with Crippen LogP contribution in [0.15, 0.2) is 18.2 Å². The highest BCUT2D eigenvalue weighted by Crippen LogP contribution is 2.35. The number of hydrogen-bond donors (Lipinski definition) is 2.